The van der Waals surface area contributed by atoms with Crippen LogP contribution in [0.5, 0.6) is 0 Å². The molecule has 1 aromatic carbocycles. The second-order valence-electron chi connectivity index (χ2n) is 6.21. The van der Waals surface area contributed by atoms with E-state index in [-0.39, 0.29) is 18.5 Å². The zero-order valence-electron chi connectivity index (χ0n) is 13.8. The van der Waals surface area contributed by atoms with Crippen LogP contribution in [0.25, 0.3) is 10.9 Å². The maximum absolute atomic E-state index is 13.7. The molecule has 1 saturated heterocycles. The van der Waals surface area contributed by atoms with Crippen molar-refractivity contribution in [2.45, 2.75) is 26.3 Å². The van der Waals surface area contributed by atoms with Crippen molar-refractivity contribution in [3.05, 3.63) is 35.8 Å². The van der Waals surface area contributed by atoms with Gasteiger partial charge in [-0.25, -0.2) is 4.39 Å². The standard InChI is InChI=1S/C18H24FN3O/c1-3-15(12-23)21-6-8-22(9-7-21)18-10-13(2)20-17-5-4-14(19)11-16(17)18/h4-5,10-11,15,23H,3,6-9,12H2,1-2H3. The van der Waals surface area contributed by atoms with Crippen molar-refractivity contribution in [1.29, 1.82) is 0 Å². The third-order valence-corrected chi connectivity index (χ3v) is 4.73. The van der Waals surface area contributed by atoms with E-state index >= 15 is 0 Å². The molecule has 0 radical (unpaired) electrons. The van der Waals surface area contributed by atoms with E-state index in [0.717, 1.165) is 54.9 Å². The molecular formula is C18H24FN3O. The summed E-state index contributed by atoms with van der Waals surface area (Å²) in [6.45, 7) is 7.88. The smallest absolute Gasteiger partial charge is 0.124 e. The summed E-state index contributed by atoms with van der Waals surface area (Å²) in [4.78, 5) is 9.15. The molecule has 1 aromatic heterocycles. The van der Waals surface area contributed by atoms with E-state index in [9.17, 15) is 9.50 Å². The van der Waals surface area contributed by atoms with Crippen LogP contribution in [-0.4, -0.2) is 53.8 Å². The number of hydrogen-bond acceptors (Lipinski definition) is 4. The second-order valence-corrected chi connectivity index (χ2v) is 6.21. The van der Waals surface area contributed by atoms with E-state index < -0.39 is 0 Å². The molecule has 0 bridgehead atoms. The van der Waals surface area contributed by atoms with Gasteiger partial charge in [-0.3, -0.25) is 9.88 Å². The molecule has 1 N–H and O–H groups in total. The van der Waals surface area contributed by atoms with Gasteiger partial charge >= 0.3 is 0 Å². The zero-order valence-corrected chi connectivity index (χ0v) is 13.8. The molecule has 1 aliphatic rings. The number of fused-ring (bicyclic) bond motifs is 1. The van der Waals surface area contributed by atoms with E-state index in [2.05, 4.69) is 21.7 Å². The largest absolute Gasteiger partial charge is 0.395 e. The van der Waals surface area contributed by atoms with Crippen LogP contribution in [0, 0.1) is 12.7 Å². The summed E-state index contributed by atoms with van der Waals surface area (Å²) in [7, 11) is 0. The fourth-order valence-electron chi connectivity index (χ4n) is 3.40. The molecule has 0 spiro atoms. The summed E-state index contributed by atoms with van der Waals surface area (Å²) in [6.07, 6.45) is 0.957. The molecule has 2 heterocycles. The summed E-state index contributed by atoms with van der Waals surface area (Å²) in [5, 5.41) is 10.3. The monoisotopic (exact) mass is 317 g/mol. The quantitative estimate of drug-likeness (QED) is 0.941. The van der Waals surface area contributed by atoms with Crippen molar-refractivity contribution in [3.63, 3.8) is 0 Å². The lowest BCUT2D eigenvalue weighted by molar-refractivity contribution is 0.114. The first kappa shape index (κ1) is 16.1. The summed E-state index contributed by atoms with van der Waals surface area (Å²) < 4.78 is 13.7. The maximum atomic E-state index is 13.7. The normalized spacial score (nSPS) is 17.7. The Labute approximate surface area is 136 Å². The molecule has 0 amide bonds. The maximum Gasteiger partial charge on any atom is 0.124 e. The Morgan fingerprint density at radius 1 is 1.22 bits per heavy atom. The highest BCUT2D eigenvalue weighted by Gasteiger charge is 2.23. The lowest BCUT2D eigenvalue weighted by Gasteiger charge is -2.39. The number of pyridine rings is 1. The zero-order chi connectivity index (χ0) is 16.4. The predicted molar refractivity (Wildman–Crippen MR) is 91.4 cm³/mol. The number of aryl methyl sites for hydroxylation is 1. The van der Waals surface area contributed by atoms with Crippen LogP contribution >= 0.6 is 0 Å². The summed E-state index contributed by atoms with van der Waals surface area (Å²) in [5.41, 5.74) is 2.85. The minimum atomic E-state index is -0.227. The van der Waals surface area contributed by atoms with Crippen LogP contribution in [-0.2, 0) is 0 Å². The van der Waals surface area contributed by atoms with E-state index in [0.29, 0.717) is 0 Å². The number of piperazine rings is 1. The Morgan fingerprint density at radius 2 is 1.96 bits per heavy atom. The van der Waals surface area contributed by atoms with Gasteiger partial charge in [0, 0.05) is 49.0 Å². The van der Waals surface area contributed by atoms with Gasteiger partial charge in [-0.2, -0.15) is 0 Å². The third-order valence-electron chi connectivity index (χ3n) is 4.73. The number of aliphatic hydroxyl groups is 1. The van der Waals surface area contributed by atoms with Crippen molar-refractivity contribution in [2.75, 3.05) is 37.7 Å². The molecule has 1 fully saturated rings. The summed E-state index contributed by atoms with van der Waals surface area (Å²) >= 11 is 0. The fraction of sp³-hybridized carbons (Fsp3) is 0.500. The van der Waals surface area contributed by atoms with Crippen molar-refractivity contribution in [1.82, 2.24) is 9.88 Å². The number of aliphatic hydroxyl groups excluding tert-OH is 1. The summed E-state index contributed by atoms with van der Waals surface area (Å²) in [6, 6.07) is 7.07. The van der Waals surface area contributed by atoms with Crippen LogP contribution in [0.15, 0.2) is 24.3 Å². The lowest BCUT2D eigenvalue weighted by Crippen LogP contribution is -2.51. The Hall–Kier alpha value is -1.72. The minimum Gasteiger partial charge on any atom is -0.395 e. The lowest BCUT2D eigenvalue weighted by atomic mass is 10.1. The van der Waals surface area contributed by atoms with Crippen molar-refractivity contribution < 1.29 is 9.50 Å². The van der Waals surface area contributed by atoms with Crippen LogP contribution < -0.4 is 4.90 Å². The second kappa shape index (κ2) is 6.81. The van der Waals surface area contributed by atoms with Crippen molar-refractivity contribution >= 4 is 16.6 Å². The SMILES string of the molecule is CCC(CO)N1CCN(c2cc(C)nc3ccc(F)cc23)CC1. The molecule has 5 heteroatoms. The molecule has 1 atom stereocenters. The summed E-state index contributed by atoms with van der Waals surface area (Å²) in [5.74, 6) is -0.227. The van der Waals surface area contributed by atoms with Gasteiger partial charge in [0.15, 0.2) is 0 Å². The van der Waals surface area contributed by atoms with Gasteiger partial charge < -0.3 is 10.0 Å². The Morgan fingerprint density at radius 3 is 2.61 bits per heavy atom. The molecule has 23 heavy (non-hydrogen) atoms. The van der Waals surface area contributed by atoms with E-state index in [1.54, 1.807) is 12.1 Å². The van der Waals surface area contributed by atoms with E-state index in [1.807, 2.05) is 13.0 Å². The van der Waals surface area contributed by atoms with Crippen molar-refractivity contribution in [3.8, 4) is 0 Å². The van der Waals surface area contributed by atoms with Gasteiger partial charge in [0.05, 0.1) is 12.1 Å². The average molecular weight is 317 g/mol. The van der Waals surface area contributed by atoms with Gasteiger partial charge in [0.1, 0.15) is 5.82 Å². The number of nitrogens with zero attached hydrogens (tertiary/aromatic N) is 3. The van der Waals surface area contributed by atoms with Crippen LogP contribution in [0.3, 0.4) is 0 Å². The number of rotatable bonds is 4. The van der Waals surface area contributed by atoms with Gasteiger partial charge in [-0.05, 0) is 37.6 Å². The molecule has 4 nitrogen and oxygen atoms in total. The topological polar surface area (TPSA) is 39.6 Å². The number of aromatic nitrogens is 1. The van der Waals surface area contributed by atoms with Crippen LogP contribution in [0.4, 0.5) is 10.1 Å². The Bertz CT molecular complexity index is 679. The predicted octanol–water partition coefficient (Wildman–Crippen LogP) is 2.58. The molecule has 0 saturated carbocycles. The van der Waals surface area contributed by atoms with Gasteiger partial charge in [0.2, 0.25) is 0 Å². The van der Waals surface area contributed by atoms with E-state index in [1.165, 1.54) is 6.07 Å². The number of benzene rings is 1. The van der Waals surface area contributed by atoms with Crippen molar-refractivity contribution in [2.24, 2.45) is 0 Å². The van der Waals surface area contributed by atoms with Gasteiger partial charge in [0.25, 0.3) is 0 Å². The van der Waals surface area contributed by atoms with Crippen LogP contribution in [0.2, 0.25) is 0 Å². The minimum absolute atomic E-state index is 0.207. The molecule has 2 aromatic rings. The van der Waals surface area contributed by atoms with Gasteiger partial charge in [-0.15, -0.1) is 0 Å². The number of anilines is 1. The van der Waals surface area contributed by atoms with Gasteiger partial charge in [-0.1, -0.05) is 6.92 Å². The molecule has 1 unspecified atom stereocenters. The molecule has 0 aliphatic carbocycles. The van der Waals surface area contributed by atoms with E-state index in [4.69, 9.17) is 0 Å². The molecule has 1 aliphatic heterocycles. The first-order valence-electron chi connectivity index (χ1n) is 8.29. The van der Waals surface area contributed by atoms with Crippen LogP contribution in [0.1, 0.15) is 19.0 Å². The molecular weight excluding hydrogens is 293 g/mol. The highest BCUT2D eigenvalue weighted by Crippen LogP contribution is 2.28. The highest BCUT2D eigenvalue weighted by molar-refractivity contribution is 5.92. The molecule has 124 valence electrons. The first-order valence-corrected chi connectivity index (χ1v) is 8.29. The average Bonchev–Trinajstić information content (AvgIpc) is 2.56. The molecule has 3 rings (SSSR count). The highest BCUT2D eigenvalue weighted by atomic mass is 19.1. The first-order chi connectivity index (χ1) is 11.1. The number of hydrogen-bond donors (Lipinski definition) is 1. The fourth-order valence-corrected chi connectivity index (χ4v) is 3.40. The number of halogens is 1. The third kappa shape index (κ3) is 3.31. The Kier molecular flexibility index (Phi) is 4.78. The Balaban J connectivity index is 1.86.